The van der Waals surface area contributed by atoms with Gasteiger partial charge in [-0.15, -0.1) is 0 Å². The number of anilines is 3. The van der Waals surface area contributed by atoms with Crippen LogP contribution in [-0.4, -0.2) is 22.4 Å². The van der Waals surface area contributed by atoms with Gasteiger partial charge in [-0.1, -0.05) is 41.9 Å². The summed E-state index contributed by atoms with van der Waals surface area (Å²) < 4.78 is 0. The molecule has 0 spiro atoms. The fourth-order valence-corrected chi connectivity index (χ4v) is 2.57. The van der Waals surface area contributed by atoms with Crippen LogP contribution in [0.3, 0.4) is 0 Å². The third-order valence-electron chi connectivity index (χ3n) is 3.65. The van der Waals surface area contributed by atoms with Gasteiger partial charge in [0.05, 0.1) is 16.3 Å². The van der Waals surface area contributed by atoms with Gasteiger partial charge in [-0.2, -0.15) is 0 Å². The van der Waals surface area contributed by atoms with E-state index in [4.69, 9.17) is 11.6 Å². The maximum absolute atomic E-state index is 12.3. The van der Waals surface area contributed by atoms with Crippen LogP contribution in [0.5, 0.6) is 0 Å². The summed E-state index contributed by atoms with van der Waals surface area (Å²) in [5, 5.41) is 3.24. The van der Waals surface area contributed by atoms with Gasteiger partial charge >= 0.3 is 0 Å². The molecule has 0 saturated carbocycles. The summed E-state index contributed by atoms with van der Waals surface area (Å²) >= 11 is 6.06. The van der Waals surface area contributed by atoms with Gasteiger partial charge in [0.25, 0.3) is 5.91 Å². The maximum atomic E-state index is 12.3. The summed E-state index contributed by atoms with van der Waals surface area (Å²) in [5.74, 6) is 0.241. The van der Waals surface area contributed by atoms with Crippen molar-refractivity contribution in [2.75, 3.05) is 16.8 Å². The largest absolute Gasteiger partial charge is 0.321 e. The summed E-state index contributed by atoms with van der Waals surface area (Å²) in [4.78, 5) is 23.0. The fraction of sp³-hybridized carbons (Fsp3) is 0.105. The molecule has 0 aliphatic carbocycles. The van der Waals surface area contributed by atoms with Crippen LogP contribution in [0.1, 0.15) is 17.3 Å². The summed E-state index contributed by atoms with van der Waals surface area (Å²) in [6.45, 7) is 2.74. The molecular formula is C19H17ClN4O. The minimum absolute atomic E-state index is 0.303. The summed E-state index contributed by atoms with van der Waals surface area (Å²) in [6, 6.07) is 16.9. The van der Waals surface area contributed by atoms with E-state index in [2.05, 4.69) is 15.3 Å². The zero-order valence-electron chi connectivity index (χ0n) is 13.7. The Morgan fingerprint density at radius 2 is 1.68 bits per heavy atom. The molecule has 5 nitrogen and oxygen atoms in total. The minimum Gasteiger partial charge on any atom is -0.321 e. The highest BCUT2D eigenvalue weighted by atomic mass is 35.5. The lowest BCUT2D eigenvalue weighted by molar-refractivity contribution is 0.102. The van der Waals surface area contributed by atoms with E-state index in [1.54, 1.807) is 24.3 Å². The molecule has 0 atom stereocenters. The van der Waals surface area contributed by atoms with Gasteiger partial charge in [0.15, 0.2) is 0 Å². The SMILES string of the molecule is CCN(c1ccccc1)c1ncc(C(=O)Nc2ccccc2Cl)cn1. The fourth-order valence-electron chi connectivity index (χ4n) is 2.38. The van der Waals surface area contributed by atoms with Crippen molar-refractivity contribution in [2.45, 2.75) is 6.92 Å². The van der Waals surface area contributed by atoms with E-state index in [1.807, 2.05) is 42.2 Å². The molecule has 0 bridgehead atoms. The van der Waals surface area contributed by atoms with Crippen molar-refractivity contribution in [1.29, 1.82) is 0 Å². The molecule has 1 amide bonds. The van der Waals surface area contributed by atoms with Crippen molar-refractivity contribution in [3.8, 4) is 0 Å². The number of carbonyl (C=O) groups is 1. The van der Waals surface area contributed by atoms with Crippen LogP contribution in [0.4, 0.5) is 17.3 Å². The van der Waals surface area contributed by atoms with Crippen molar-refractivity contribution in [3.63, 3.8) is 0 Å². The number of rotatable bonds is 5. The predicted octanol–water partition coefficient (Wildman–Crippen LogP) is 4.54. The topological polar surface area (TPSA) is 58.1 Å². The number of aromatic nitrogens is 2. The van der Waals surface area contributed by atoms with Crippen LogP contribution < -0.4 is 10.2 Å². The van der Waals surface area contributed by atoms with Gasteiger partial charge in [-0.25, -0.2) is 9.97 Å². The Kier molecular flexibility index (Phi) is 5.26. The Morgan fingerprint density at radius 3 is 2.32 bits per heavy atom. The Balaban J connectivity index is 1.77. The predicted molar refractivity (Wildman–Crippen MR) is 101 cm³/mol. The molecule has 3 rings (SSSR count). The standard InChI is InChI=1S/C19H17ClN4O/c1-2-24(15-8-4-3-5-9-15)19-21-12-14(13-22-19)18(25)23-17-11-7-6-10-16(17)20/h3-13H,2H2,1H3,(H,23,25). The van der Waals surface area contributed by atoms with Gasteiger partial charge in [0, 0.05) is 24.6 Å². The molecule has 1 heterocycles. The molecule has 3 aromatic rings. The van der Waals surface area contributed by atoms with Gasteiger partial charge in [-0.05, 0) is 31.2 Å². The lowest BCUT2D eigenvalue weighted by Crippen LogP contribution is -2.20. The summed E-state index contributed by atoms with van der Waals surface area (Å²) in [6.07, 6.45) is 3.03. The van der Waals surface area contributed by atoms with Gasteiger partial charge < -0.3 is 10.2 Å². The number of hydrogen-bond acceptors (Lipinski definition) is 4. The second kappa shape index (κ2) is 7.77. The molecule has 6 heteroatoms. The molecule has 0 aliphatic rings. The Bertz CT molecular complexity index is 853. The van der Waals surface area contributed by atoms with Crippen molar-refractivity contribution >= 4 is 34.8 Å². The average molecular weight is 353 g/mol. The Labute approximate surface area is 151 Å². The maximum Gasteiger partial charge on any atom is 0.258 e. The van der Waals surface area contributed by atoms with Gasteiger partial charge in [0.2, 0.25) is 5.95 Å². The molecule has 0 unspecified atom stereocenters. The Hall–Kier alpha value is -2.92. The van der Waals surface area contributed by atoms with Crippen molar-refractivity contribution in [1.82, 2.24) is 9.97 Å². The molecule has 1 N–H and O–H groups in total. The number of benzene rings is 2. The number of nitrogens with one attached hydrogen (secondary N) is 1. The normalized spacial score (nSPS) is 10.3. The van der Waals surface area contributed by atoms with Crippen molar-refractivity contribution < 1.29 is 4.79 Å². The van der Waals surface area contributed by atoms with E-state index in [9.17, 15) is 4.79 Å². The van der Waals surface area contributed by atoms with Crippen LogP contribution in [0.25, 0.3) is 0 Å². The van der Waals surface area contributed by atoms with E-state index in [-0.39, 0.29) is 5.91 Å². The van der Waals surface area contributed by atoms with Gasteiger partial charge in [0.1, 0.15) is 0 Å². The minimum atomic E-state index is -0.303. The van der Waals surface area contributed by atoms with Crippen molar-refractivity contribution in [2.24, 2.45) is 0 Å². The summed E-state index contributed by atoms with van der Waals surface area (Å²) in [7, 11) is 0. The number of nitrogens with zero attached hydrogens (tertiary/aromatic N) is 3. The number of para-hydroxylation sites is 2. The monoisotopic (exact) mass is 352 g/mol. The van der Waals surface area contributed by atoms with E-state index in [0.29, 0.717) is 22.2 Å². The van der Waals surface area contributed by atoms with Crippen LogP contribution in [0, 0.1) is 0 Å². The third kappa shape index (κ3) is 3.95. The highest BCUT2D eigenvalue weighted by Gasteiger charge is 2.13. The smallest absolute Gasteiger partial charge is 0.258 e. The first kappa shape index (κ1) is 16.9. The van der Waals surface area contributed by atoms with Crippen LogP contribution in [0.15, 0.2) is 67.0 Å². The molecule has 0 radical (unpaired) electrons. The van der Waals surface area contributed by atoms with Crippen LogP contribution >= 0.6 is 11.6 Å². The first-order chi connectivity index (χ1) is 12.2. The third-order valence-corrected chi connectivity index (χ3v) is 3.98. The molecule has 0 fully saturated rings. The zero-order valence-corrected chi connectivity index (χ0v) is 14.4. The number of hydrogen-bond donors (Lipinski definition) is 1. The molecule has 1 aromatic heterocycles. The van der Waals surface area contributed by atoms with Crippen LogP contribution in [-0.2, 0) is 0 Å². The highest BCUT2D eigenvalue weighted by Crippen LogP contribution is 2.22. The number of amides is 1. The van der Waals surface area contributed by atoms with Gasteiger partial charge in [-0.3, -0.25) is 4.79 Å². The van der Waals surface area contributed by atoms with E-state index in [0.717, 1.165) is 12.2 Å². The second-order valence-corrected chi connectivity index (χ2v) is 5.69. The van der Waals surface area contributed by atoms with Crippen LogP contribution in [0.2, 0.25) is 5.02 Å². The van der Waals surface area contributed by atoms with E-state index in [1.165, 1.54) is 12.4 Å². The summed E-state index contributed by atoms with van der Waals surface area (Å²) in [5.41, 5.74) is 1.92. The number of halogens is 1. The highest BCUT2D eigenvalue weighted by molar-refractivity contribution is 6.33. The first-order valence-corrected chi connectivity index (χ1v) is 8.27. The molecule has 126 valence electrons. The van der Waals surface area contributed by atoms with E-state index >= 15 is 0 Å². The zero-order chi connectivity index (χ0) is 17.6. The van der Waals surface area contributed by atoms with Crippen molar-refractivity contribution in [3.05, 3.63) is 77.6 Å². The first-order valence-electron chi connectivity index (χ1n) is 7.89. The van der Waals surface area contributed by atoms with E-state index < -0.39 is 0 Å². The molecule has 0 saturated heterocycles. The lowest BCUT2D eigenvalue weighted by atomic mass is 10.2. The molecule has 0 aliphatic heterocycles. The molecule has 25 heavy (non-hydrogen) atoms. The Morgan fingerprint density at radius 1 is 1.04 bits per heavy atom. The lowest BCUT2D eigenvalue weighted by Gasteiger charge is -2.20. The molecular weight excluding hydrogens is 336 g/mol. The number of carbonyl (C=O) groups excluding carboxylic acids is 1. The molecule has 2 aromatic carbocycles. The second-order valence-electron chi connectivity index (χ2n) is 5.29. The average Bonchev–Trinajstić information content (AvgIpc) is 2.66. The quantitative estimate of drug-likeness (QED) is 0.732.